The van der Waals surface area contributed by atoms with Gasteiger partial charge in [0.2, 0.25) is 0 Å². The molecular formula is C16H16N4O4S. The molecule has 0 bridgehead atoms. The number of aryl methyl sites for hydroxylation is 1. The van der Waals surface area contributed by atoms with Crippen molar-refractivity contribution in [1.29, 1.82) is 0 Å². The van der Waals surface area contributed by atoms with Crippen molar-refractivity contribution < 1.29 is 9.47 Å². The van der Waals surface area contributed by atoms with E-state index >= 15 is 0 Å². The minimum absolute atomic E-state index is 0.365. The summed E-state index contributed by atoms with van der Waals surface area (Å²) < 4.78 is 15.6. The third-order valence-electron chi connectivity index (χ3n) is 4.33. The SMILES string of the molecule is Cn1c(=O)c2c([nH]c(=S)n2Cc2ccc3c(c2)OCCO3)n(C)c1=O. The standard InChI is InChI=1S/C16H16N4O4S/c1-18-13-12(14(21)19(2)16(18)22)20(15(25)17-13)8-9-3-4-10-11(7-9)24-6-5-23-10/h3-4,7H,5-6,8H2,1-2H3,(H,17,25). The van der Waals surface area contributed by atoms with Crippen LogP contribution in [0.4, 0.5) is 0 Å². The number of nitrogens with zero attached hydrogens (tertiary/aromatic N) is 3. The Morgan fingerprint density at radius 3 is 2.60 bits per heavy atom. The Morgan fingerprint density at radius 2 is 1.84 bits per heavy atom. The summed E-state index contributed by atoms with van der Waals surface area (Å²) in [5, 5.41) is 0. The van der Waals surface area contributed by atoms with Crippen molar-refractivity contribution in [2.75, 3.05) is 13.2 Å². The number of nitrogens with one attached hydrogen (secondary N) is 1. The Balaban J connectivity index is 1.88. The van der Waals surface area contributed by atoms with Gasteiger partial charge in [-0.25, -0.2) is 4.79 Å². The molecule has 0 aliphatic carbocycles. The van der Waals surface area contributed by atoms with Crippen LogP contribution in [0.15, 0.2) is 27.8 Å². The fourth-order valence-electron chi connectivity index (χ4n) is 3.00. The van der Waals surface area contributed by atoms with Crippen molar-refractivity contribution in [1.82, 2.24) is 18.7 Å². The van der Waals surface area contributed by atoms with Crippen LogP contribution in [-0.2, 0) is 20.6 Å². The number of benzene rings is 1. The van der Waals surface area contributed by atoms with E-state index in [1.54, 1.807) is 11.6 Å². The van der Waals surface area contributed by atoms with Crippen LogP contribution in [0.1, 0.15) is 5.56 Å². The van der Waals surface area contributed by atoms with Crippen molar-refractivity contribution in [3.05, 3.63) is 49.4 Å². The molecule has 0 radical (unpaired) electrons. The third-order valence-corrected chi connectivity index (χ3v) is 4.65. The van der Waals surface area contributed by atoms with E-state index in [0.29, 0.717) is 47.2 Å². The Bertz CT molecular complexity index is 1170. The lowest BCUT2D eigenvalue weighted by Crippen LogP contribution is -2.37. The number of imidazole rings is 1. The highest BCUT2D eigenvalue weighted by molar-refractivity contribution is 7.71. The largest absolute Gasteiger partial charge is 0.486 e. The van der Waals surface area contributed by atoms with Gasteiger partial charge in [0.05, 0.1) is 6.54 Å². The molecule has 3 heterocycles. The van der Waals surface area contributed by atoms with Crippen LogP contribution in [0.3, 0.4) is 0 Å². The summed E-state index contributed by atoms with van der Waals surface area (Å²) in [7, 11) is 3.05. The first-order chi connectivity index (χ1) is 12.0. The molecule has 0 spiro atoms. The zero-order chi connectivity index (χ0) is 17.7. The second-order valence-corrected chi connectivity index (χ2v) is 6.28. The van der Waals surface area contributed by atoms with Crippen LogP contribution in [0.25, 0.3) is 11.2 Å². The molecule has 1 aromatic carbocycles. The minimum Gasteiger partial charge on any atom is -0.486 e. The number of hydrogen-bond donors (Lipinski definition) is 1. The molecule has 130 valence electrons. The molecule has 1 aliphatic rings. The van der Waals surface area contributed by atoms with Gasteiger partial charge in [-0.15, -0.1) is 0 Å². The summed E-state index contributed by atoms with van der Waals surface area (Å²) in [4.78, 5) is 27.6. The van der Waals surface area contributed by atoms with Gasteiger partial charge < -0.3 is 19.0 Å². The topological polar surface area (TPSA) is 83.2 Å². The highest BCUT2D eigenvalue weighted by Crippen LogP contribution is 2.31. The maximum Gasteiger partial charge on any atom is 0.332 e. The minimum atomic E-state index is -0.403. The third kappa shape index (κ3) is 2.39. The van der Waals surface area contributed by atoms with E-state index in [0.717, 1.165) is 10.1 Å². The molecule has 0 amide bonds. The lowest BCUT2D eigenvalue weighted by atomic mass is 10.2. The molecule has 9 heteroatoms. The quantitative estimate of drug-likeness (QED) is 0.687. The summed E-state index contributed by atoms with van der Waals surface area (Å²) in [5.41, 5.74) is 0.903. The van der Waals surface area contributed by atoms with Gasteiger partial charge in [-0.3, -0.25) is 13.9 Å². The van der Waals surface area contributed by atoms with Gasteiger partial charge in [0.1, 0.15) is 18.9 Å². The second-order valence-electron chi connectivity index (χ2n) is 5.90. The molecular weight excluding hydrogens is 344 g/mol. The summed E-state index contributed by atoms with van der Waals surface area (Å²) in [6.07, 6.45) is 0. The molecule has 0 unspecified atom stereocenters. The maximum atomic E-state index is 12.6. The summed E-state index contributed by atoms with van der Waals surface area (Å²) >= 11 is 5.37. The van der Waals surface area contributed by atoms with E-state index in [1.165, 1.54) is 11.6 Å². The second kappa shape index (κ2) is 5.62. The van der Waals surface area contributed by atoms with Crippen molar-refractivity contribution in [3.8, 4) is 11.5 Å². The Morgan fingerprint density at radius 1 is 1.12 bits per heavy atom. The van der Waals surface area contributed by atoms with Gasteiger partial charge in [0, 0.05) is 14.1 Å². The van der Waals surface area contributed by atoms with E-state index in [2.05, 4.69) is 4.98 Å². The molecule has 0 fully saturated rings. The number of rotatable bonds is 2. The summed E-state index contributed by atoms with van der Waals surface area (Å²) in [6, 6.07) is 5.62. The van der Waals surface area contributed by atoms with Gasteiger partial charge in [0.25, 0.3) is 5.56 Å². The Labute approximate surface area is 146 Å². The van der Waals surface area contributed by atoms with Crippen LogP contribution >= 0.6 is 12.2 Å². The van der Waals surface area contributed by atoms with Crippen LogP contribution in [0.5, 0.6) is 11.5 Å². The van der Waals surface area contributed by atoms with E-state index in [9.17, 15) is 9.59 Å². The molecule has 1 aliphatic heterocycles. The zero-order valence-corrected chi connectivity index (χ0v) is 14.6. The van der Waals surface area contributed by atoms with Crippen LogP contribution < -0.4 is 20.7 Å². The average Bonchev–Trinajstić information content (AvgIpc) is 2.95. The van der Waals surface area contributed by atoms with Gasteiger partial charge in [-0.2, -0.15) is 0 Å². The molecule has 0 saturated carbocycles. The van der Waals surface area contributed by atoms with Crippen molar-refractivity contribution in [2.45, 2.75) is 6.54 Å². The van der Waals surface area contributed by atoms with Crippen molar-refractivity contribution in [3.63, 3.8) is 0 Å². The maximum absolute atomic E-state index is 12.6. The zero-order valence-electron chi connectivity index (χ0n) is 13.7. The molecule has 3 aromatic rings. The van der Waals surface area contributed by atoms with Gasteiger partial charge in [-0.1, -0.05) is 6.07 Å². The first-order valence-electron chi connectivity index (χ1n) is 7.74. The van der Waals surface area contributed by atoms with Crippen LogP contribution in [0.2, 0.25) is 0 Å². The molecule has 25 heavy (non-hydrogen) atoms. The Kier molecular flexibility index (Phi) is 3.53. The van der Waals surface area contributed by atoms with E-state index in [-0.39, 0.29) is 5.56 Å². The number of aromatic amines is 1. The van der Waals surface area contributed by atoms with Crippen LogP contribution in [-0.4, -0.2) is 31.9 Å². The monoisotopic (exact) mass is 360 g/mol. The van der Waals surface area contributed by atoms with Gasteiger partial charge in [0.15, 0.2) is 21.8 Å². The smallest absolute Gasteiger partial charge is 0.332 e. The fourth-order valence-corrected chi connectivity index (χ4v) is 3.26. The normalized spacial score (nSPS) is 13.4. The summed E-state index contributed by atoms with van der Waals surface area (Å²) in [6.45, 7) is 1.42. The predicted octanol–water partition coefficient (Wildman–Crippen LogP) is 0.916. The predicted molar refractivity (Wildman–Crippen MR) is 94.1 cm³/mol. The van der Waals surface area contributed by atoms with E-state index in [4.69, 9.17) is 21.7 Å². The van der Waals surface area contributed by atoms with E-state index < -0.39 is 5.69 Å². The summed E-state index contributed by atoms with van der Waals surface area (Å²) in [5.74, 6) is 1.38. The first-order valence-corrected chi connectivity index (χ1v) is 8.15. The molecule has 4 rings (SSSR count). The molecule has 0 saturated heterocycles. The molecule has 8 nitrogen and oxygen atoms in total. The molecule has 1 N–H and O–H groups in total. The first kappa shape index (κ1) is 15.7. The lowest BCUT2D eigenvalue weighted by Gasteiger charge is -2.19. The average molecular weight is 360 g/mol. The van der Waals surface area contributed by atoms with Crippen molar-refractivity contribution >= 4 is 23.4 Å². The highest BCUT2D eigenvalue weighted by atomic mass is 32.1. The van der Waals surface area contributed by atoms with Crippen molar-refractivity contribution in [2.24, 2.45) is 14.1 Å². The van der Waals surface area contributed by atoms with Crippen LogP contribution in [0, 0.1) is 4.77 Å². The van der Waals surface area contributed by atoms with E-state index in [1.807, 2.05) is 18.2 Å². The number of ether oxygens (including phenoxy) is 2. The number of aromatic nitrogens is 4. The number of hydrogen-bond acceptors (Lipinski definition) is 5. The van der Waals surface area contributed by atoms with Gasteiger partial charge >= 0.3 is 5.69 Å². The van der Waals surface area contributed by atoms with Gasteiger partial charge in [-0.05, 0) is 29.9 Å². The highest BCUT2D eigenvalue weighted by Gasteiger charge is 2.17. The lowest BCUT2D eigenvalue weighted by molar-refractivity contribution is 0.171. The molecule has 0 atom stereocenters. The fraction of sp³-hybridized carbons (Fsp3) is 0.312. The Hall–Kier alpha value is -2.81. The molecule has 2 aromatic heterocycles. The number of fused-ring (bicyclic) bond motifs is 2. The number of H-pyrrole nitrogens is 1.